The maximum absolute atomic E-state index is 9.89. The molecule has 5 heteroatoms. The highest BCUT2D eigenvalue weighted by Gasteiger charge is 2.46. The summed E-state index contributed by atoms with van der Waals surface area (Å²) < 4.78 is 5.48. The number of aliphatic hydroxyl groups excluding tert-OH is 2. The average molecular weight is 300 g/mol. The van der Waals surface area contributed by atoms with Crippen molar-refractivity contribution in [3.8, 4) is 5.75 Å². The van der Waals surface area contributed by atoms with Gasteiger partial charge in [0.15, 0.2) is 0 Å². The van der Waals surface area contributed by atoms with Gasteiger partial charge in [-0.05, 0) is 30.7 Å². The first kappa shape index (κ1) is 15.6. The lowest BCUT2D eigenvalue weighted by atomic mass is 9.64. The van der Waals surface area contributed by atoms with E-state index in [1.54, 1.807) is 24.3 Å². The normalized spacial score (nSPS) is 25.9. The van der Waals surface area contributed by atoms with Crippen LogP contribution >= 0.6 is 11.6 Å². The Morgan fingerprint density at radius 2 is 2.05 bits per heavy atom. The molecule has 1 aromatic carbocycles. The van der Waals surface area contributed by atoms with Gasteiger partial charge in [-0.15, -0.1) is 0 Å². The largest absolute Gasteiger partial charge is 0.491 e. The van der Waals surface area contributed by atoms with Gasteiger partial charge in [0.05, 0.1) is 6.10 Å². The van der Waals surface area contributed by atoms with Crippen LogP contribution < -0.4 is 10.1 Å². The van der Waals surface area contributed by atoms with Gasteiger partial charge < -0.3 is 20.3 Å². The summed E-state index contributed by atoms with van der Waals surface area (Å²) in [7, 11) is 0. The van der Waals surface area contributed by atoms with E-state index in [4.69, 9.17) is 16.3 Å². The van der Waals surface area contributed by atoms with Crippen molar-refractivity contribution >= 4 is 11.6 Å². The fourth-order valence-electron chi connectivity index (χ4n) is 2.31. The van der Waals surface area contributed by atoms with E-state index in [9.17, 15) is 10.2 Å². The molecule has 20 heavy (non-hydrogen) atoms. The van der Waals surface area contributed by atoms with Crippen LogP contribution in [0, 0.1) is 5.41 Å². The molecule has 1 aromatic rings. The van der Waals surface area contributed by atoms with Crippen LogP contribution in [0.4, 0.5) is 0 Å². The Morgan fingerprint density at radius 3 is 2.60 bits per heavy atom. The Morgan fingerprint density at radius 1 is 1.40 bits per heavy atom. The van der Waals surface area contributed by atoms with E-state index in [1.807, 2.05) is 13.8 Å². The van der Waals surface area contributed by atoms with Gasteiger partial charge >= 0.3 is 0 Å². The first-order valence-electron chi connectivity index (χ1n) is 6.87. The van der Waals surface area contributed by atoms with Gasteiger partial charge in [0.2, 0.25) is 0 Å². The zero-order valence-electron chi connectivity index (χ0n) is 11.8. The van der Waals surface area contributed by atoms with Crippen molar-refractivity contribution in [1.29, 1.82) is 0 Å². The summed E-state index contributed by atoms with van der Waals surface area (Å²) in [4.78, 5) is 0. The van der Waals surface area contributed by atoms with E-state index in [1.165, 1.54) is 0 Å². The number of hydrogen-bond donors (Lipinski definition) is 3. The second-order valence-electron chi connectivity index (χ2n) is 5.95. The molecule has 0 saturated heterocycles. The standard InChI is InChI=1S/C15H22ClNO3/c1-15(2)13(7-14(15)19)17-8-11(18)9-20-12-5-3-10(16)4-6-12/h3-6,11,13-14,17-19H,7-9H2,1-2H3. The second-order valence-corrected chi connectivity index (χ2v) is 6.39. The minimum atomic E-state index is -0.584. The van der Waals surface area contributed by atoms with Gasteiger partial charge in [0.1, 0.15) is 18.5 Å². The molecular weight excluding hydrogens is 278 g/mol. The van der Waals surface area contributed by atoms with E-state index in [0.29, 0.717) is 17.3 Å². The summed E-state index contributed by atoms with van der Waals surface area (Å²) >= 11 is 5.78. The minimum absolute atomic E-state index is 0.128. The molecule has 1 aliphatic rings. The van der Waals surface area contributed by atoms with E-state index in [0.717, 1.165) is 6.42 Å². The molecule has 0 bridgehead atoms. The molecule has 4 nitrogen and oxygen atoms in total. The number of benzene rings is 1. The van der Waals surface area contributed by atoms with E-state index in [2.05, 4.69) is 5.32 Å². The number of ether oxygens (including phenoxy) is 1. The minimum Gasteiger partial charge on any atom is -0.491 e. The van der Waals surface area contributed by atoms with Crippen molar-refractivity contribution in [1.82, 2.24) is 5.32 Å². The van der Waals surface area contributed by atoms with Crippen molar-refractivity contribution in [2.24, 2.45) is 5.41 Å². The molecule has 1 fully saturated rings. The molecule has 0 amide bonds. The summed E-state index contributed by atoms with van der Waals surface area (Å²) in [5.41, 5.74) is -0.128. The van der Waals surface area contributed by atoms with Crippen LogP contribution in [0.15, 0.2) is 24.3 Å². The highest BCUT2D eigenvalue weighted by atomic mass is 35.5. The molecule has 0 radical (unpaired) electrons. The van der Waals surface area contributed by atoms with Crippen molar-refractivity contribution in [2.75, 3.05) is 13.2 Å². The molecule has 1 aliphatic carbocycles. The van der Waals surface area contributed by atoms with E-state index < -0.39 is 6.10 Å². The predicted molar refractivity (Wildman–Crippen MR) is 79.1 cm³/mol. The third kappa shape index (κ3) is 3.64. The lowest BCUT2D eigenvalue weighted by molar-refractivity contribution is -0.0755. The summed E-state index contributed by atoms with van der Waals surface area (Å²) in [5.74, 6) is 0.688. The van der Waals surface area contributed by atoms with Crippen LogP contribution in [0.3, 0.4) is 0 Å². The Balaban J connectivity index is 1.68. The van der Waals surface area contributed by atoms with Gasteiger partial charge in [-0.2, -0.15) is 0 Å². The van der Waals surface area contributed by atoms with Crippen molar-refractivity contribution in [3.05, 3.63) is 29.3 Å². The molecule has 3 N–H and O–H groups in total. The maximum atomic E-state index is 9.89. The first-order valence-corrected chi connectivity index (χ1v) is 7.25. The molecule has 2 rings (SSSR count). The van der Waals surface area contributed by atoms with E-state index in [-0.39, 0.29) is 24.2 Å². The molecule has 112 valence electrons. The molecule has 3 atom stereocenters. The molecule has 0 aromatic heterocycles. The fraction of sp³-hybridized carbons (Fsp3) is 0.600. The number of rotatable bonds is 6. The second kappa shape index (κ2) is 6.31. The Kier molecular flexibility index (Phi) is 4.91. The summed E-state index contributed by atoms with van der Waals surface area (Å²) in [6, 6.07) is 7.28. The van der Waals surface area contributed by atoms with Crippen LogP contribution in [0.25, 0.3) is 0 Å². The third-order valence-electron chi connectivity index (χ3n) is 4.07. The van der Waals surface area contributed by atoms with Crippen LogP contribution in [0.1, 0.15) is 20.3 Å². The monoisotopic (exact) mass is 299 g/mol. The molecule has 0 heterocycles. The molecular formula is C15H22ClNO3. The molecule has 3 unspecified atom stereocenters. The Bertz CT molecular complexity index is 435. The number of hydrogen-bond acceptors (Lipinski definition) is 4. The molecule has 0 spiro atoms. The molecule has 1 saturated carbocycles. The maximum Gasteiger partial charge on any atom is 0.119 e. The first-order chi connectivity index (χ1) is 9.39. The van der Waals surface area contributed by atoms with Gasteiger partial charge in [-0.3, -0.25) is 0 Å². The zero-order chi connectivity index (χ0) is 14.8. The topological polar surface area (TPSA) is 61.7 Å². The summed E-state index contributed by atoms with van der Waals surface area (Å²) in [6.07, 6.45) is -0.112. The number of nitrogens with one attached hydrogen (secondary N) is 1. The van der Waals surface area contributed by atoms with Crippen molar-refractivity contribution < 1.29 is 14.9 Å². The highest BCUT2D eigenvalue weighted by Crippen LogP contribution is 2.40. The lowest BCUT2D eigenvalue weighted by Gasteiger charge is -2.49. The lowest BCUT2D eigenvalue weighted by Crippen LogP contribution is -2.61. The smallest absolute Gasteiger partial charge is 0.119 e. The van der Waals surface area contributed by atoms with Crippen LogP contribution in [-0.2, 0) is 0 Å². The predicted octanol–water partition coefficient (Wildman–Crippen LogP) is 1.83. The van der Waals surface area contributed by atoms with Crippen molar-refractivity contribution in [2.45, 2.75) is 38.5 Å². The SMILES string of the molecule is CC1(C)C(O)CC1NCC(O)COc1ccc(Cl)cc1. The van der Waals surface area contributed by atoms with Gasteiger partial charge in [0.25, 0.3) is 0 Å². The summed E-state index contributed by atoms with van der Waals surface area (Å²) in [6.45, 7) is 4.73. The molecule has 0 aliphatic heterocycles. The summed E-state index contributed by atoms with van der Waals surface area (Å²) in [5, 5.41) is 23.5. The van der Waals surface area contributed by atoms with E-state index >= 15 is 0 Å². The van der Waals surface area contributed by atoms with Crippen LogP contribution in [0.2, 0.25) is 5.02 Å². The average Bonchev–Trinajstić information content (AvgIpc) is 2.42. The Hall–Kier alpha value is -0.810. The van der Waals surface area contributed by atoms with Crippen LogP contribution in [-0.4, -0.2) is 41.6 Å². The quantitative estimate of drug-likeness (QED) is 0.750. The third-order valence-corrected chi connectivity index (χ3v) is 4.32. The number of halogens is 1. The van der Waals surface area contributed by atoms with Gasteiger partial charge in [0, 0.05) is 23.0 Å². The fourth-order valence-corrected chi connectivity index (χ4v) is 2.44. The van der Waals surface area contributed by atoms with Gasteiger partial charge in [-0.1, -0.05) is 25.4 Å². The number of aliphatic hydroxyl groups is 2. The van der Waals surface area contributed by atoms with Crippen molar-refractivity contribution in [3.63, 3.8) is 0 Å². The zero-order valence-corrected chi connectivity index (χ0v) is 12.6. The highest BCUT2D eigenvalue weighted by molar-refractivity contribution is 6.30. The van der Waals surface area contributed by atoms with Crippen LogP contribution in [0.5, 0.6) is 5.75 Å². The van der Waals surface area contributed by atoms with Gasteiger partial charge in [-0.25, -0.2) is 0 Å². The Labute approximate surface area is 124 Å².